The van der Waals surface area contributed by atoms with Crippen molar-refractivity contribution < 1.29 is 44.0 Å². The van der Waals surface area contributed by atoms with E-state index in [2.05, 4.69) is 16.0 Å². The second-order valence-corrected chi connectivity index (χ2v) is 17.0. The van der Waals surface area contributed by atoms with Crippen molar-refractivity contribution >= 4 is 67.1 Å². The summed E-state index contributed by atoms with van der Waals surface area (Å²) in [6, 6.07) is 13.6. The van der Waals surface area contributed by atoms with Crippen LogP contribution in [0.2, 0.25) is 0 Å². The number of carbonyl (C=O) groups excluding carboxylic acids is 2. The van der Waals surface area contributed by atoms with E-state index in [-0.39, 0.29) is 99.8 Å². The van der Waals surface area contributed by atoms with E-state index in [0.29, 0.717) is 23.8 Å². The first-order chi connectivity index (χ1) is 22.9. The lowest BCUT2D eigenvalue weighted by atomic mass is 10.1. The Morgan fingerprint density at radius 3 is 1.34 bits per heavy atom. The van der Waals surface area contributed by atoms with E-state index >= 15 is 0 Å². The van der Waals surface area contributed by atoms with Crippen LogP contribution in [0.1, 0.15) is 11.1 Å². The van der Waals surface area contributed by atoms with Crippen molar-refractivity contribution in [3.8, 4) is 0 Å². The average molecular weight is 792 g/mol. The first-order valence-corrected chi connectivity index (χ1v) is 19.6. The SMILES string of the molecule is Cl.FC1(F)CNC1.O=C(Nc1ccc(CCl)cc1)N1CCS(=O)(=O)CC1.O=C(Nc1ccc(CN2CC(F)(F)C2)cc1)N1CCS(=O)(=O)CC1. The molecule has 0 spiro atoms. The normalized spacial score (nSPS) is 21.2. The first-order valence-electron chi connectivity index (χ1n) is 15.4. The van der Waals surface area contributed by atoms with Gasteiger partial charge in [0.1, 0.15) is 0 Å². The molecule has 0 unspecified atom stereocenters. The van der Waals surface area contributed by atoms with Crippen LogP contribution >= 0.6 is 24.0 Å². The Labute approximate surface area is 300 Å². The molecule has 6 rings (SSSR count). The molecule has 0 aliphatic carbocycles. The number of nitrogens with zero attached hydrogens (tertiary/aromatic N) is 3. The van der Waals surface area contributed by atoms with E-state index in [9.17, 15) is 44.0 Å². The van der Waals surface area contributed by atoms with Gasteiger partial charge in [0.25, 0.3) is 11.8 Å². The molecule has 0 atom stereocenters. The van der Waals surface area contributed by atoms with Crippen LogP contribution in [0, 0.1) is 0 Å². The van der Waals surface area contributed by atoms with Crippen LogP contribution in [-0.4, -0.2) is 131 Å². The number of rotatable bonds is 5. The quantitative estimate of drug-likeness (QED) is 0.307. The van der Waals surface area contributed by atoms with E-state index in [4.69, 9.17) is 11.6 Å². The molecule has 3 N–H and O–H groups in total. The highest BCUT2D eigenvalue weighted by atomic mass is 35.5. The standard InChI is InChI=1S/C15H19F2N3O3S.C12H15ClN2O3S.C3H5F2N.ClH/c16-15(17)10-19(11-15)9-12-1-3-13(4-2-12)18-14(21)20-5-7-24(22,23)8-6-20;13-9-10-1-3-11(4-2-10)14-12(16)15-5-7-19(17,18)8-6-15;4-3(5)1-6-2-3;/h1-4H,5-11H2,(H,18,21);1-4H,5-9H2,(H,14,16);6H,1-2H2;1H. The molecule has 0 radical (unpaired) electrons. The molecule has 0 bridgehead atoms. The molecule has 4 aliphatic rings. The summed E-state index contributed by atoms with van der Waals surface area (Å²) in [6.07, 6.45) is 0. The summed E-state index contributed by atoms with van der Waals surface area (Å²) in [6.45, 7) is 0.618. The van der Waals surface area contributed by atoms with Crippen molar-refractivity contribution in [1.82, 2.24) is 20.0 Å². The molecular weight excluding hydrogens is 751 g/mol. The Hall–Kier alpha value is -2.90. The first kappa shape index (κ1) is 41.5. The lowest BCUT2D eigenvalue weighted by molar-refractivity contribution is -0.133. The minimum absolute atomic E-state index is 0. The van der Waals surface area contributed by atoms with Crippen LogP contribution in [0.15, 0.2) is 48.5 Å². The Kier molecular flexibility index (Phi) is 14.6. The van der Waals surface area contributed by atoms with Gasteiger partial charge in [-0.3, -0.25) is 4.90 Å². The van der Waals surface area contributed by atoms with E-state index in [1.807, 2.05) is 12.1 Å². The highest BCUT2D eigenvalue weighted by Gasteiger charge is 2.43. The van der Waals surface area contributed by atoms with E-state index in [1.165, 1.54) is 9.80 Å². The number of anilines is 2. The summed E-state index contributed by atoms with van der Waals surface area (Å²) >= 11 is 5.68. The summed E-state index contributed by atoms with van der Waals surface area (Å²) < 4.78 is 93.8. The van der Waals surface area contributed by atoms with Crippen molar-refractivity contribution in [1.29, 1.82) is 0 Å². The maximum absolute atomic E-state index is 12.8. The number of carbonyl (C=O) groups is 2. The zero-order valence-electron chi connectivity index (χ0n) is 26.9. The molecule has 4 saturated heterocycles. The second kappa shape index (κ2) is 17.5. The largest absolute Gasteiger partial charge is 0.322 e. The molecule has 20 heteroatoms. The fourth-order valence-electron chi connectivity index (χ4n) is 4.90. The average Bonchev–Trinajstić information content (AvgIpc) is 3.01. The van der Waals surface area contributed by atoms with E-state index in [0.717, 1.165) is 11.1 Å². The van der Waals surface area contributed by atoms with E-state index < -0.39 is 31.5 Å². The van der Waals surface area contributed by atoms with Crippen molar-refractivity contribution in [2.45, 2.75) is 24.3 Å². The van der Waals surface area contributed by atoms with Crippen LogP contribution in [-0.2, 0) is 32.1 Å². The van der Waals surface area contributed by atoms with Gasteiger partial charge in [0.05, 0.1) is 49.2 Å². The number of benzene rings is 2. The van der Waals surface area contributed by atoms with Crippen molar-refractivity contribution in [3.05, 3.63) is 59.7 Å². The summed E-state index contributed by atoms with van der Waals surface area (Å²) in [5, 5.41) is 7.91. The summed E-state index contributed by atoms with van der Waals surface area (Å²) in [5.41, 5.74) is 3.13. The number of urea groups is 2. The number of nitrogens with one attached hydrogen (secondary N) is 3. The number of halogens is 6. The Morgan fingerprint density at radius 1 is 0.680 bits per heavy atom. The molecule has 2 aromatic carbocycles. The number of likely N-dealkylation sites (tertiary alicyclic amines) is 1. The Morgan fingerprint density at radius 2 is 1.04 bits per heavy atom. The van der Waals surface area contributed by atoms with Crippen molar-refractivity contribution in [2.75, 3.05) is 86.0 Å². The number of sulfone groups is 2. The molecule has 4 aliphatic heterocycles. The molecule has 0 aromatic heterocycles. The predicted octanol–water partition coefficient (Wildman–Crippen LogP) is 3.73. The lowest BCUT2D eigenvalue weighted by Crippen LogP contribution is -2.55. The van der Waals surface area contributed by atoms with Crippen LogP contribution < -0.4 is 16.0 Å². The van der Waals surface area contributed by atoms with Gasteiger partial charge in [-0.25, -0.2) is 44.0 Å². The highest BCUT2D eigenvalue weighted by Crippen LogP contribution is 2.28. The van der Waals surface area contributed by atoms with Gasteiger partial charge in [0.15, 0.2) is 19.7 Å². The van der Waals surface area contributed by atoms with Gasteiger partial charge in [-0.15, -0.1) is 24.0 Å². The number of hydrogen-bond acceptors (Lipinski definition) is 8. The molecule has 280 valence electrons. The third kappa shape index (κ3) is 13.3. The molecule has 4 heterocycles. The smallest absolute Gasteiger partial charge is 0.321 e. The number of amides is 4. The maximum atomic E-state index is 12.8. The number of hydrogen-bond donors (Lipinski definition) is 3. The predicted molar refractivity (Wildman–Crippen MR) is 186 cm³/mol. The van der Waals surface area contributed by atoms with Gasteiger partial charge in [0, 0.05) is 50.0 Å². The second-order valence-electron chi connectivity index (χ2n) is 12.1. The van der Waals surface area contributed by atoms with Crippen molar-refractivity contribution in [3.63, 3.8) is 0 Å². The molecular formula is C30H40Cl2F4N6O6S2. The van der Waals surface area contributed by atoms with Gasteiger partial charge in [-0.2, -0.15) is 0 Å². The minimum Gasteiger partial charge on any atom is -0.322 e. The van der Waals surface area contributed by atoms with Gasteiger partial charge < -0.3 is 25.8 Å². The molecule has 12 nitrogen and oxygen atoms in total. The third-order valence-corrected chi connectivity index (χ3v) is 11.4. The lowest BCUT2D eigenvalue weighted by Gasteiger charge is -2.38. The van der Waals surface area contributed by atoms with Crippen molar-refractivity contribution in [2.24, 2.45) is 0 Å². The van der Waals surface area contributed by atoms with Gasteiger partial charge in [0.2, 0.25) is 0 Å². The number of alkyl halides is 5. The zero-order chi connectivity index (χ0) is 35.9. The zero-order valence-corrected chi connectivity index (χ0v) is 30.1. The third-order valence-electron chi connectivity index (χ3n) is 7.91. The molecule has 2 aromatic rings. The fraction of sp³-hybridized carbons (Fsp3) is 0.533. The fourth-order valence-corrected chi connectivity index (χ4v) is 7.48. The van der Waals surface area contributed by atoms with E-state index in [1.54, 1.807) is 41.3 Å². The van der Waals surface area contributed by atoms with Crippen LogP contribution in [0.3, 0.4) is 0 Å². The van der Waals surface area contributed by atoms with Crippen LogP contribution in [0.4, 0.5) is 38.5 Å². The molecule has 4 fully saturated rings. The van der Waals surface area contributed by atoms with Crippen LogP contribution in [0.25, 0.3) is 0 Å². The summed E-state index contributed by atoms with van der Waals surface area (Å²) in [4.78, 5) is 28.7. The van der Waals surface area contributed by atoms with Gasteiger partial charge in [-0.05, 0) is 35.4 Å². The van der Waals surface area contributed by atoms with Gasteiger partial charge >= 0.3 is 12.1 Å². The monoisotopic (exact) mass is 790 g/mol. The molecule has 50 heavy (non-hydrogen) atoms. The van der Waals surface area contributed by atoms with Gasteiger partial charge in [-0.1, -0.05) is 24.3 Å². The molecule has 0 saturated carbocycles. The highest BCUT2D eigenvalue weighted by molar-refractivity contribution is 7.91. The Balaban J connectivity index is 0.000000232. The van der Waals surface area contributed by atoms with Crippen LogP contribution in [0.5, 0.6) is 0 Å². The summed E-state index contributed by atoms with van der Waals surface area (Å²) in [5.74, 6) is -4.50. The topological polar surface area (TPSA) is 148 Å². The summed E-state index contributed by atoms with van der Waals surface area (Å²) in [7, 11) is -5.99. The minimum atomic E-state index is -3.02. The maximum Gasteiger partial charge on any atom is 0.321 e. The molecule has 4 amide bonds. The Bertz CT molecular complexity index is 1630.